The van der Waals surface area contributed by atoms with Crippen LogP contribution >= 0.6 is 11.6 Å². The van der Waals surface area contributed by atoms with Crippen LogP contribution in [-0.4, -0.2) is 16.3 Å². The van der Waals surface area contributed by atoms with Gasteiger partial charge in [0.2, 0.25) is 0 Å². The molecule has 0 unspecified atom stereocenters. The molecule has 0 spiro atoms. The maximum atomic E-state index is 12.3. The van der Waals surface area contributed by atoms with E-state index in [9.17, 15) is 4.79 Å². The monoisotopic (exact) mass is 281 g/mol. The highest BCUT2D eigenvalue weighted by Crippen LogP contribution is 2.30. The Morgan fingerprint density at radius 1 is 1.32 bits per heavy atom. The van der Waals surface area contributed by atoms with E-state index in [0.717, 1.165) is 25.4 Å². The lowest BCUT2D eigenvalue weighted by Gasteiger charge is -2.25. The highest BCUT2D eigenvalue weighted by molar-refractivity contribution is 6.32. The maximum absolute atomic E-state index is 12.3. The van der Waals surface area contributed by atoms with Gasteiger partial charge in [0.15, 0.2) is 0 Å². The van der Waals surface area contributed by atoms with Gasteiger partial charge in [0.25, 0.3) is 5.56 Å². The van der Waals surface area contributed by atoms with Gasteiger partial charge in [-0.1, -0.05) is 30.9 Å². The molecule has 4 nitrogen and oxygen atoms in total. The number of nitrogens with one attached hydrogen (secondary N) is 1. The minimum atomic E-state index is -0.0759. The first kappa shape index (κ1) is 13.0. The van der Waals surface area contributed by atoms with Crippen molar-refractivity contribution in [1.29, 1.82) is 0 Å². The molecule has 0 bridgehead atoms. The van der Waals surface area contributed by atoms with E-state index in [1.54, 1.807) is 10.9 Å². The Bertz CT molecular complexity index is 506. The number of halogens is 1. The zero-order chi connectivity index (χ0) is 13.2. The number of anilines is 1. The van der Waals surface area contributed by atoms with Gasteiger partial charge in [0, 0.05) is 13.1 Å². The van der Waals surface area contributed by atoms with Gasteiger partial charge in [-0.2, -0.15) is 5.10 Å². The number of hydrogen-bond donors (Lipinski definition) is 1. The first-order valence-corrected chi connectivity index (χ1v) is 7.61. The van der Waals surface area contributed by atoms with E-state index in [1.165, 1.54) is 32.1 Å². The molecule has 0 aromatic carbocycles. The van der Waals surface area contributed by atoms with Crippen molar-refractivity contribution in [2.24, 2.45) is 11.8 Å². The molecule has 2 fully saturated rings. The summed E-state index contributed by atoms with van der Waals surface area (Å²) in [5.41, 5.74) is 0.449. The molecule has 1 aromatic rings. The maximum Gasteiger partial charge on any atom is 0.291 e. The molecule has 1 heterocycles. The van der Waals surface area contributed by atoms with Crippen molar-refractivity contribution < 1.29 is 0 Å². The predicted octanol–water partition coefficient (Wildman–Crippen LogP) is 2.91. The van der Waals surface area contributed by atoms with Crippen LogP contribution in [0.4, 0.5) is 5.69 Å². The number of nitrogens with zero attached hydrogens (tertiary/aromatic N) is 2. The Morgan fingerprint density at radius 2 is 2.11 bits per heavy atom. The van der Waals surface area contributed by atoms with E-state index in [0.29, 0.717) is 16.6 Å². The zero-order valence-corrected chi connectivity index (χ0v) is 11.8. The highest BCUT2D eigenvalue weighted by atomic mass is 35.5. The molecule has 3 rings (SSSR count). The summed E-state index contributed by atoms with van der Waals surface area (Å²) >= 11 is 6.08. The Balaban J connectivity index is 1.65. The van der Waals surface area contributed by atoms with Crippen molar-refractivity contribution in [2.75, 3.05) is 11.9 Å². The molecule has 5 heteroatoms. The second-order valence-electron chi connectivity index (χ2n) is 5.81. The lowest BCUT2D eigenvalue weighted by molar-refractivity contribution is 0.303. The Labute approximate surface area is 118 Å². The molecule has 2 aliphatic carbocycles. The molecular weight excluding hydrogens is 262 g/mol. The molecule has 2 saturated carbocycles. The summed E-state index contributed by atoms with van der Waals surface area (Å²) in [6.45, 7) is 1.56. The van der Waals surface area contributed by atoms with Gasteiger partial charge in [0.1, 0.15) is 5.69 Å². The summed E-state index contributed by atoms with van der Waals surface area (Å²) in [6.07, 6.45) is 9.14. The van der Waals surface area contributed by atoms with Crippen molar-refractivity contribution in [3.8, 4) is 0 Å². The van der Waals surface area contributed by atoms with Gasteiger partial charge >= 0.3 is 0 Å². The topological polar surface area (TPSA) is 46.9 Å². The van der Waals surface area contributed by atoms with E-state index < -0.39 is 0 Å². The third-order valence-electron chi connectivity index (χ3n) is 4.20. The predicted molar refractivity (Wildman–Crippen MR) is 76.7 cm³/mol. The minimum absolute atomic E-state index is 0.0759. The number of aromatic nitrogens is 2. The zero-order valence-electron chi connectivity index (χ0n) is 11.1. The molecular formula is C14H20ClN3O. The van der Waals surface area contributed by atoms with Crippen molar-refractivity contribution in [1.82, 2.24) is 9.78 Å². The summed E-state index contributed by atoms with van der Waals surface area (Å²) in [6, 6.07) is 0. The van der Waals surface area contributed by atoms with Crippen LogP contribution in [0.15, 0.2) is 11.0 Å². The second-order valence-corrected chi connectivity index (χ2v) is 6.22. The first-order valence-electron chi connectivity index (χ1n) is 7.23. The Morgan fingerprint density at radius 3 is 2.74 bits per heavy atom. The van der Waals surface area contributed by atoms with Gasteiger partial charge in [-0.05, 0) is 31.1 Å². The van der Waals surface area contributed by atoms with Crippen LogP contribution in [0, 0.1) is 11.8 Å². The second kappa shape index (κ2) is 5.53. The summed E-state index contributed by atoms with van der Waals surface area (Å²) in [4.78, 5) is 12.3. The van der Waals surface area contributed by atoms with Gasteiger partial charge in [-0.25, -0.2) is 4.68 Å². The normalized spacial score (nSPS) is 19.2. The van der Waals surface area contributed by atoms with Crippen LogP contribution in [0.5, 0.6) is 0 Å². The highest BCUT2D eigenvalue weighted by Gasteiger charge is 2.23. The molecule has 0 amide bonds. The largest absolute Gasteiger partial charge is 0.379 e. The van der Waals surface area contributed by atoms with Crippen molar-refractivity contribution in [3.05, 3.63) is 21.6 Å². The molecule has 2 aliphatic rings. The van der Waals surface area contributed by atoms with E-state index in [-0.39, 0.29) is 5.56 Å². The van der Waals surface area contributed by atoms with E-state index in [4.69, 9.17) is 11.6 Å². The summed E-state index contributed by atoms with van der Waals surface area (Å²) < 4.78 is 1.55. The molecule has 0 saturated heterocycles. The fraction of sp³-hybridized carbons (Fsp3) is 0.714. The van der Waals surface area contributed by atoms with Crippen molar-refractivity contribution in [2.45, 2.75) is 45.1 Å². The molecule has 0 radical (unpaired) electrons. The average Bonchev–Trinajstić information content (AvgIpc) is 3.13. The molecule has 1 N–H and O–H groups in total. The standard InChI is InChI=1S/C14H20ClN3O/c15-12-8-17-18(9-11-4-5-11)14(19)13(12)16-7-6-10-2-1-3-10/h8,10-11,16H,1-7,9H2. The average molecular weight is 282 g/mol. The molecule has 0 atom stereocenters. The third-order valence-corrected chi connectivity index (χ3v) is 4.49. The quantitative estimate of drug-likeness (QED) is 0.872. The molecule has 0 aliphatic heterocycles. The fourth-order valence-electron chi connectivity index (χ4n) is 2.49. The number of rotatable bonds is 6. The van der Waals surface area contributed by atoms with Crippen LogP contribution in [0.1, 0.15) is 38.5 Å². The van der Waals surface area contributed by atoms with Crippen molar-refractivity contribution >= 4 is 17.3 Å². The van der Waals surface area contributed by atoms with Gasteiger partial charge in [0.05, 0.1) is 11.2 Å². The minimum Gasteiger partial charge on any atom is -0.379 e. The van der Waals surface area contributed by atoms with Crippen LogP contribution in [0.3, 0.4) is 0 Å². The Hall–Kier alpha value is -1.03. The van der Waals surface area contributed by atoms with Gasteiger partial charge in [-0.15, -0.1) is 0 Å². The summed E-state index contributed by atoms with van der Waals surface area (Å²) in [5.74, 6) is 1.47. The fourth-order valence-corrected chi connectivity index (χ4v) is 2.68. The van der Waals surface area contributed by atoms with E-state index in [1.807, 2.05) is 0 Å². The van der Waals surface area contributed by atoms with Crippen LogP contribution in [-0.2, 0) is 6.54 Å². The van der Waals surface area contributed by atoms with E-state index >= 15 is 0 Å². The molecule has 104 valence electrons. The summed E-state index contributed by atoms with van der Waals surface area (Å²) in [7, 11) is 0. The summed E-state index contributed by atoms with van der Waals surface area (Å²) in [5, 5.41) is 7.77. The Kier molecular flexibility index (Phi) is 3.78. The first-order chi connectivity index (χ1) is 9.24. The molecule has 1 aromatic heterocycles. The number of hydrogen-bond acceptors (Lipinski definition) is 3. The smallest absolute Gasteiger partial charge is 0.291 e. The van der Waals surface area contributed by atoms with Crippen LogP contribution < -0.4 is 10.9 Å². The van der Waals surface area contributed by atoms with Crippen LogP contribution in [0.2, 0.25) is 5.02 Å². The van der Waals surface area contributed by atoms with Gasteiger partial charge in [-0.3, -0.25) is 4.79 Å². The third kappa shape index (κ3) is 3.11. The van der Waals surface area contributed by atoms with Gasteiger partial charge < -0.3 is 5.32 Å². The SMILES string of the molecule is O=c1c(NCCC2CCC2)c(Cl)cnn1CC1CC1. The van der Waals surface area contributed by atoms with Crippen molar-refractivity contribution in [3.63, 3.8) is 0 Å². The lowest BCUT2D eigenvalue weighted by Crippen LogP contribution is -2.27. The lowest BCUT2D eigenvalue weighted by atomic mass is 9.83. The molecule has 19 heavy (non-hydrogen) atoms. The van der Waals surface area contributed by atoms with E-state index in [2.05, 4.69) is 10.4 Å². The van der Waals surface area contributed by atoms with Crippen LogP contribution in [0.25, 0.3) is 0 Å².